The third-order valence-corrected chi connectivity index (χ3v) is 5.51. The van der Waals surface area contributed by atoms with Gasteiger partial charge in [0.1, 0.15) is 11.5 Å². The zero-order valence-corrected chi connectivity index (χ0v) is 16.5. The van der Waals surface area contributed by atoms with Crippen LogP contribution >= 0.6 is 11.6 Å². The number of benzene rings is 2. The lowest BCUT2D eigenvalue weighted by Crippen LogP contribution is -2.38. The van der Waals surface area contributed by atoms with Crippen LogP contribution in [0.25, 0.3) is 0 Å². The van der Waals surface area contributed by atoms with E-state index in [9.17, 15) is 0 Å². The Labute approximate surface area is 161 Å². The quantitative estimate of drug-likeness (QED) is 0.791. The third kappa shape index (κ3) is 4.43. The molecule has 2 aromatic carbocycles. The highest BCUT2D eigenvalue weighted by molar-refractivity contribution is 6.31. The van der Waals surface area contributed by atoms with Gasteiger partial charge in [0, 0.05) is 48.0 Å². The molecule has 4 nitrogen and oxygen atoms in total. The van der Waals surface area contributed by atoms with E-state index >= 15 is 0 Å². The molecule has 0 aromatic heterocycles. The van der Waals surface area contributed by atoms with Crippen LogP contribution in [0.3, 0.4) is 0 Å². The van der Waals surface area contributed by atoms with Crippen molar-refractivity contribution in [1.29, 1.82) is 0 Å². The number of nitrogens with zero attached hydrogens (tertiary/aromatic N) is 1. The number of methoxy groups -OCH3 is 2. The van der Waals surface area contributed by atoms with Gasteiger partial charge in [-0.3, -0.25) is 4.90 Å². The monoisotopic (exact) mass is 374 g/mol. The number of likely N-dealkylation sites (tertiary alicyclic amines) is 1. The summed E-state index contributed by atoms with van der Waals surface area (Å²) in [6.07, 6.45) is 2.23. The second kappa shape index (κ2) is 8.65. The van der Waals surface area contributed by atoms with Gasteiger partial charge in [0.2, 0.25) is 0 Å². The van der Waals surface area contributed by atoms with Gasteiger partial charge >= 0.3 is 0 Å². The van der Waals surface area contributed by atoms with Crippen molar-refractivity contribution in [3.63, 3.8) is 0 Å². The van der Waals surface area contributed by atoms with Crippen molar-refractivity contribution in [3.8, 4) is 11.5 Å². The summed E-state index contributed by atoms with van der Waals surface area (Å²) >= 11 is 6.23. The second-order valence-electron chi connectivity index (χ2n) is 6.78. The summed E-state index contributed by atoms with van der Waals surface area (Å²) in [5.74, 6) is 1.71. The molecule has 5 heteroatoms. The number of halogens is 1. The van der Waals surface area contributed by atoms with Crippen molar-refractivity contribution >= 4 is 17.3 Å². The first kappa shape index (κ1) is 18.9. The Kier molecular flexibility index (Phi) is 6.28. The van der Waals surface area contributed by atoms with Gasteiger partial charge in [0.15, 0.2) is 0 Å². The number of rotatable bonds is 6. The fourth-order valence-electron chi connectivity index (χ4n) is 3.44. The van der Waals surface area contributed by atoms with Crippen LogP contribution in [0.15, 0.2) is 36.4 Å². The molecule has 3 rings (SSSR count). The van der Waals surface area contributed by atoms with Crippen LogP contribution < -0.4 is 14.8 Å². The van der Waals surface area contributed by atoms with Crippen molar-refractivity contribution in [3.05, 3.63) is 52.5 Å². The molecule has 0 bridgehead atoms. The summed E-state index contributed by atoms with van der Waals surface area (Å²) in [5.41, 5.74) is 3.47. The molecule has 0 amide bonds. The topological polar surface area (TPSA) is 33.7 Å². The fraction of sp³-hybridized carbons (Fsp3) is 0.429. The molecular formula is C21H27ClN2O2. The first-order valence-corrected chi connectivity index (χ1v) is 9.43. The molecule has 1 fully saturated rings. The van der Waals surface area contributed by atoms with Crippen molar-refractivity contribution in [1.82, 2.24) is 4.90 Å². The van der Waals surface area contributed by atoms with Crippen molar-refractivity contribution in [2.24, 2.45) is 0 Å². The minimum atomic E-state index is 0.487. The maximum atomic E-state index is 6.23. The van der Waals surface area contributed by atoms with Gasteiger partial charge in [-0.1, -0.05) is 23.7 Å². The highest BCUT2D eigenvalue weighted by Crippen LogP contribution is 2.28. The number of hydrogen-bond donors (Lipinski definition) is 1. The molecule has 2 aromatic rings. The van der Waals surface area contributed by atoms with E-state index in [-0.39, 0.29) is 0 Å². The van der Waals surface area contributed by atoms with E-state index in [0.717, 1.165) is 60.2 Å². The maximum Gasteiger partial charge on any atom is 0.127 e. The van der Waals surface area contributed by atoms with E-state index < -0.39 is 0 Å². The van der Waals surface area contributed by atoms with E-state index in [2.05, 4.69) is 29.3 Å². The van der Waals surface area contributed by atoms with E-state index in [1.54, 1.807) is 14.2 Å². The molecule has 1 heterocycles. The average molecular weight is 375 g/mol. The largest absolute Gasteiger partial charge is 0.497 e. The predicted octanol–water partition coefficient (Wildman–Crippen LogP) is 4.74. The van der Waals surface area contributed by atoms with Crippen LogP contribution in [-0.2, 0) is 6.54 Å². The minimum absolute atomic E-state index is 0.487. The number of ether oxygens (including phenoxy) is 2. The normalized spacial score (nSPS) is 15.7. The molecule has 0 aliphatic carbocycles. The smallest absolute Gasteiger partial charge is 0.127 e. The van der Waals surface area contributed by atoms with Crippen LogP contribution in [0.5, 0.6) is 11.5 Å². The van der Waals surface area contributed by atoms with Gasteiger partial charge < -0.3 is 14.8 Å². The summed E-state index contributed by atoms with van der Waals surface area (Å²) in [7, 11) is 3.38. The highest BCUT2D eigenvalue weighted by atomic mass is 35.5. The summed E-state index contributed by atoms with van der Waals surface area (Å²) in [6, 6.07) is 12.6. The number of piperidine rings is 1. The molecule has 26 heavy (non-hydrogen) atoms. The van der Waals surface area contributed by atoms with Gasteiger partial charge in [-0.05, 0) is 43.5 Å². The summed E-state index contributed by atoms with van der Waals surface area (Å²) in [4.78, 5) is 2.48. The molecule has 1 saturated heterocycles. The standard InChI is InChI=1S/C21H27ClN2O2/c1-15-19(22)5-4-6-20(15)23-17-9-11-24(12-10-17)14-16-7-8-18(25-2)13-21(16)26-3/h4-8,13,17,23H,9-12,14H2,1-3H3. The maximum absolute atomic E-state index is 6.23. The Balaban J connectivity index is 1.56. The summed E-state index contributed by atoms with van der Waals surface area (Å²) < 4.78 is 10.8. The van der Waals surface area contributed by atoms with E-state index in [1.807, 2.05) is 24.3 Å². The number of anilines is 1. The SMILES string of the molecule is COc1ccc(CN2CCC(Nc3cccc(Cl)c3C)CC2)c(OC)c1. The average Bonchev–Trinajstić information content (AvgIpc) is 2.67. The Hall–Kier alpha value is -1.91. The first-order chi connectivity index (χ1) is 12.6. The summed E-state index contributed by atoms with van der Waals surface area (Å²) in [6.45, 7) is 5.09. The molecule has 1 aliphatic rings. The van der Waals surface area contributed by atoms with Crippen molar-refractivity contribution < 1.29 is 9.47 Å². The van der Waals surface area contributed by atoms with Gasteiger partial charge in [-0.25, -0.2) is 0 Å². The van der Waals surface area contributed by atoms with Gasteiger partial charge in [0.05, 0.1) is 14.2 Å². The third-order valence-electron chi connectivity index (χ3n) is 5.10. The second-order valence-corrected chi connectivity index (χ2v) is 7.19. The molecule has 1 aliphatic heterocycles. The number of nitrogens with one attached hydrogen (secondary N) is 1. The molecular weight excluding hydrogens is 348 g/mol. The van der Waals surface area contributed by atoms with Crippen LogP contribution in [0, 0.1) is 6.92 Å². The van der Waals surface area contributed by atoms with Crippen LogP contribution in [0.1, 0.15) is 24.0 Å². The highest BCUT2D eigenvalue weighted by Gasteiger charge is 2.21. The molecule has 0 saturated carbocycles. The van der Waals surface area contributed by atoms with Gasteiger partial charge in [-0.2, -0.15) is 0 Å². The van der Waals surface area contributed by atoms with Gasteiger partial charge in [0.25, 0.3) is 0 Å². The van der Waals surface area contributed by atoms with Crippen LogP contribution in [0.2, 0.25) is 5.02 Å². The molecule has 1 N–H and O–H groups in total. The molecule has 0 radical (unpaired) electrons. The van der Waals surface area contributed by atoms with E-state index in [4.69, 9.17) is 21.1 Å². The predicted molar refractivity (Wildman–Crippen MR) is 108 cm³/mol. The van der Waals surface area contributed by atoms with Crippen LogP contribution in [-0.4, -0.2) is 38.3 Å². The Morgan fingerprint density at radius 1 is 1.12 bits per heavy atom. The first-order valence-electron chi connectivity index (χ1n) is 9.05. The Bertz CT molecular complexity index is 743. The molecule has 0 unspecified atom stereocenters. The lowest BCUT2D eigenvalue weighted by atomic mass is 10.0. The molecule has 140 valence electrons. The van der Waals surface area contributed by atoms with E-state index in [0.29, 0.717) is 6.04 Å². The van der Waals surface area contributed by atoms with E-state index in [1.165, 1.54) is 5.56 Å². The lowest BCUT2D eigenvalue weighted by molar-refractivity contribution is 0.209. The Morgan fingerprint density at radius 2 is 1.88 bits per heavy atom. The van der Waals surface area contributed by atoms with Crippen molar-refractivity contribution in [2.45, 2.75) is 32.4 Å². The zero-order valence-electron chi connectivity index (χ0n) is 15.7. The zero-order chi connectivity index (χ0) is 18.5. The lowest BCUT2D eigenvalue weighted by Gasteiger charge is -2.33. The fourth-order valence-corrected chi connectivity index (χ4v) is 3.62. The van der Waals surface area contributed by atoms with Crippen LogP contribution in [0.4, 0.5) is 5.69 Å². The Morgan fingerprint density at radius 3 is 2.58 bits per heavy atom. The minimum Gasteiger partial charge on any atom is -0.497 e. The molecule has 0 atom stereocenters. The van der Waals surface area contributed by atoms with Crippen molar-refractivity contribution in [2.75, 3.05) is 32.6 Å². The number of hydrogen-bond acceptors (Lipinski definition) is 4. The summed E-state index contributed by atoms with van der Waals surface area (Å²) in [5, 5.41) is 4.48. The van der Waals surface area contributed by atoms with Gasteiger partial charge in [-0.15, -0.1) is 0 Å². The molecule has 0 spiro atoms.